The third-order valence-corrected chi connectivity index (χ3v) is 4.43. The van der Waals surface area contributed by atoms with Crippen molar-refractivity contribution in [3.8, 4) is 0 Å². The van der Waals surface area contributed by atoms with Gasteiger partial charge in [0.05, 0.1) is 30.2 Å². The lowest BCUT2D eigenvalue weighted by atomic mass is 10.1. The lowest BCUT2D eigenvalue weighted by molar-refractivity contribution is 0.102. The van der Waals surface area contributed by atoms with Crippen LogP contribution < -0.4 is 16.0 Å². The molecule has 5 nitrogen and oxygen atoms in total. The molecule has 2 aromatic rings. The fourth-order valence-electron chi connectivity index (χ4n) is 2.57. The Balaban J connectivity index is 1.88. The zero-order valence-corrected chi connectivity index (χ0v) is 14.2. The number of carbonyl (C=O) groups excluding carboxylic acids is 1. The van der Waals surface area contributed by atoms with Crippen molar-refractivity contribution < 1.29 is 9.53 Å². The summed E-state index contributed by atoms with van der Waals surface area (Å²) >= 11 is 3.41. The first kappa shape index (κ1) is 15.8. The van der Waals surface area contributed by atoms with Crippen molar-refractivity contribution in [3.05, 3.63) is 52.5 Å². The van der Waals surface area contributed by atoms with Gasteiger partial charge in [0.1, 0.15) is 0 Å². The van der Waals surface area contributed by atoms with Gasteiger partial charge in [-0.2, -0.15) is 0 Å². The van der Waals surface area contributed by atoms with Crippen LogP contribution in [-0.4, -0.2) is 32.2 Å². The Labute approximate surface area is 143 Å². The standard InChI is InChI=1S/C17H18BrN3O2/c18-14-4-2-1-3-13(14)17(22)20-15-11-12(19)5-6-16(15)21-7-9-23-10-8-21/h1-6,11H,7-10,19H2,(H,20,22). The summed E-state index contributed by atoms with van der Waals surface area (Å²) in [4.78, 5) is 14.7. The largest absolute Gasteiger partial charge is 0.399 e. The summed E-state index contributed by atoms with van der Waals surface area (Å²) in [6, 6.07) is 12.9. The highest BCUT2D eigenvalue weighted by molar-refractivity contribution is 9.10. The topological polar surface area (TPSA) is 67.6 Å². The zero-order chi connectivity index (χ0) is 16.2. The van der Waals surface area contributed by atoms with Crippen molar-refractivity contribution in [2.75, 3.05) is 42.3 Å². The summed E-state index contributed by atoms with van der Waals surface area (Å²) in [5.41, 5.74) is 8.78. The Morgan fingerprint density at radius 2 is 1.91 bits per heavy atom. The molecule has 120 valence electrons. The number of ether oxygens (including phenoxy) is 1. The normalized spacial score (nSPS) is 14.6. The summed E-state index contributed by atoms with van der Waals surface area (Å²) in [6.45, 7) is 2.95. The van der Waals surface area contributed by atoms with Crippen LogP contribution in [0.4, 0.5) is 17.1 Å². The molecule has 0 aliphatic carbocycles. The number of amides is 1. The van der Waals surface area contributed by atoms with Crippen molar-refractivity contribution in [2.24, 2.45) is 0 Å². The number of benzene rings is 2. The van der Waals surface area contributed by atoms with Gasteiger partial charge in [0.2, 0.25) is 0 Å². The number of carbonyl (C=O) groups is 1. The molecule has 6 heteroatoms. The summed E-state index contributed by atoms with van der Waals surface area (Å²) in [5, 5.41) is 2.97. The maximum atomic E-state index is 12.6. The van der Waals surface area contributed by atoms with E-state index >= 15 is 0 Å². The maximum absolute atomic E-state index is 12.6. The van der Waals surface area contributed by atoms with Crippen molar-refractivity contribution in [1.82, 2.24) is 0 Å². The maximum Gasteiger partial charge on any atom is 0.256 e. The van der Waals surface area contributed by atoms with Gasteiger partial charge in [0.25, 0.3) is 5.91 Å². The minimum Gasteiger partial charge on any atom is -0.399 e. The molecule has 1 heterocycles. The second-order valence-electron chi connectivity index (χ2n) is 5.31. The van der Waals surface area contributed by atoms with Gasteiger partial charge in [-0.3, -0.25) is 4.79 Å². The molecule has 0 bridgehead atoms. The SMILES string of the molecule is Nc1ccc(N2CCOCC2)c(NC(=O)c2ccccc2Br)c1. The minimum atomic E-state index is -0.169. The van der Waals surface area contributed by atoms with Crippen LogP contribution in [0.3, 0.4) is 0 Å². The Kier molecular flexibility index (Phi) is 4.83. The molecule has 3 N–H and O–H groups in total. The average molecular weight is 376 g/mol. The molecular formula is C17H18BrN3O2. The predicted molar refractivity (Wildman–Crippen MR) is 96.0 cm³/mol. The summed E-state index contributed by atoms with van der Waals surface area (Å²) in [5.74, 6) is -0.169. The van der Waals surface area contributed by atoms with Crippen LogP contribution >= 0.6 is 15.9 Å². The van der Waals surface area contributed by atoms with Crippen molar-refractivity contribution in [3.63, 3.8) is 0 Å². The number of nitrogens with one attached hydrogen (secondary N) is 1. The van der Waals surface area contributed by atoms with E-state index in [1.54, 1.807) is 12.1 Å². The number of nitrogens with two attached hydrogens (primary N) is 1. The molecule has 3 rings (SSSR count). The van der Waals surface area contributed by atoms with Crippen LogP contribution in [0.5, 0.6) is 0 Å². The number of nitrogen functional groups attached to an aromatic ring is 1. The first-order valence-corrected chi connectivity index (χ1v) is 8.22. The van der Waals surface area contributed by atoms with Crippen LogP contribution in [-0.2, 0) is 4.74 Å². The van der Waals surface area contributed by atoms with Gasteiger partial charge in [-0.25, -0.2) is 0 Å². The van der Waals surface area contributed by atoms with Crippen molar-refractivity contribution in [2.45, 2.75) is 0 Å². The molecule has 1 amide bonds. The van der Waals surface area contributed by atoms with Crippen LogP contribution in [0.2, 0.25) is 0 Å². The quantitative estimate of drug-likeness (QED) is 0.808. The van der Waals surface area contributed by atoms with E-state index in [1.165, 1.54) is 0 Å². The Hall–Kier alpha value is -2.05. The number of rotatable bonds is 3. The Morgan fingerprint density at radius 3 is 2.65 bits per heavy atom. The summed E-state index contributed by atoms with van der Waals surface area (Å²) in [7, 11) is 0. The van der Waals surface area contributed by atoms with E-state index < -0.39 is 0 Å². The van der Waals surface area contributed by atoms with Gasteiger partial charge in [0, 0.05) is 23.2 Å². The van der Waals surface area contributed by atoms with Crippen molar-refractivity contribution in [1.29, 1.82) is 0 Å². The second kappa shape index (κ2) is 7.02. The predicted octanol–water partition coefficient (Wildman–Crippen LogP) is 3.12. The highest BCUT2D eigenvalue weighted by Gasteiger charge is 2.17. The minimum absolute atomic E-state index is 0.169. The smallest absolute Gasteiger partial charge is 0.256 e. The molecule has 0 unspecified atom stereocenters. The molecule has 0 spiro atoms. The van der Waals surface area contributed by atoms with E-state index in [-0.39, 0.29) is 5.91 Å². The van der Waals surface area contributed by atoms with E-state index in [1.807, 2.05) is 30.3 Å². The second-order valence-corrected chi connectivity index (χ2v) is 6.16. The van der Waals surface area contributed by atoms with Gasteiger partial charge in [0.15, 0.2) is 0 Å². The molecule has 1 fully saturated rings. The molecule has 0 saturated carbocycles. The molecule has 1 aliphatic heterocycles. The van der Waals surface area contributed by atoms with E-state index in [0.29, 0.717) is 30.2 Å². The lowest BCUT2D eigenvalue weighted by Crippen LogP contribution is -2.36. The Bertz CT molecular complexity index is 715. The van der Waals surface area contributed by atoms with Crippen LogP contribution in [0.25, 0.3) is 0 Å². The number of hydrogen-bond donors (Lipinski definition) is 2. The van der Waals surface area contributed by atoms with Gasteiger partial charge in [-0.15, -0.1) is 0 Å². The lowest BCUT2D eigenvalue weighted by Gasteiger charge is -2.30. The van der Waals surface area contributed by atoms with Crippen LogP contribution in [0.15, 0.2) is 46.9 Å². The molecular weight excluding hydrogens is 358 g/mol. The number of nitrogens with zero attached hydrogens (tertiary/aromatic N) is 1. The molecule has 0 atom stereocenters. The number of anilines is 3. The molecule has 23 heavy (non-hydrogen) atoms. The Morgan fingerprint density at radius 1 is 1.17 bits per heavy atom. The van der Waals surface area contributed by atoms with Crippen LogP contribution in [0, 0.1) is 0 Å². The molecule has 1 saturated heterocycles. The van der Waals surface area contributed by atoms with Crippen molar-refractivity contribution >= 4 is 38.9 Å². The highest BCUT2D eigenvalue weighted by atomic mass is 79.9. The zero-order valence-electron chi connectivity index (χ0n) is 12.6. The first-order chi connectivity index (χ1) is 11.1. The van der Waals surface area contributed by atoms with Crippen LogP contribution in [0.1, 0.15) is 10.4 Å². The van der Waals surface area contributed by atoms with E-state index in [2.05, 4.69) is 26.1 Å². The highest BCUT2D eigenvalue weighted by Crippen LogP contribution is 2.30. The van der Waals surface area contributed by atoms with E-state index in [0.717, 1.165) is 23.2 Å². The summed E-state index contributed by atoms with van der Waals surface area (Å²) in [6.07, 6.45) is 0. The third-order valence-electron chi connectivity index (χ3n) is 3.74. The van der Waals surface area contributed by atoms with E-state index in [9.17, 15) is 4.79 Å². The summed E-state index contributed by atoms with van der Waals surface area (Å²) < 4.78 is 6.15. The van der Waals surface area contributed by atoms with Gasteiger partial charge >= 0.3 is 0 Å². The number of halogens is 1. The molecule has 0 aromatic heterocycles. The molecule has 2 aromatic carbocycles. The van der Waals surface area contributed by atoms with Gasteiger partial charge in [-0.05, 0) is 46.3 Å². The fourth-order valence-corrected chi connectivity index (χ4v) is 3.03. The fraction of sp³-hybridized carbons (Fsp3) is 0.235. The monoisotopic (exact) mass is 375 g/mol. The number of morpholine rings is 1. The molecule has 0 radical (unpaired) electrons. The van der Waals surface area contributed by atoms with E-state index in [4.69, 9.17) is 10.5 Å². The third kappa shape index (κ3) is 3.65. The first-order valence-electron chi connectivity index (χ1n) is 7.43. The van der Waals surface area contributed by atoms with Gasteiger partial charge in [-0.1, -0.05) is 12.1 Å². The number of hydrogen-bond acceptors (Lipinski definition) is 4. The molecule has 1 aliphatic rings. The average Bonchev–Trinajstić information content (AvgIpc) is 2.56. The van der Waals surface area contributed by atoms with Gasteiger partial charge < -0.3 is 20.7 Å².